The third-order valence-corrected chi connectivity index (χ3v) is 3.78. The molecule has 1 heterocycles. The van der Waals surface area contributed by atoms with Gasteiger partial charge < -0.3 is 9.47 Å². The lowest BCUT2D eigenvalue weighted by Gasteiger charge is -2.07. The monoisotopic (exact) mass is 353 g/mol. The maximum Gasteiger partial charge on any atom is 0.241 e. The van der Waals surface area contributed by atoms with Gasteiger partial charge in [-0.3, -0.25) is 4.79 Å². The Morgan fingerprint density at radius 2 is 2.00 bits per heavy atom. The summed E-state index contributed by atoms with van der Waals surface area (Å²) in [6.07, 6.45) is 1.79. The summed E-state index contributed by atoms with van der Waals surface area (Å²) >= 11 is 0. The smallest absolute Gasteiger partial charge is 0.241 e. The van der Waals surface area contributed by atoms with E-state index in [0.29, 0.717) is 18.0 Å². The number of fused-ring (bicyclic) bond motifs is 1. The molecule has 8 nitrogen and oxygen atoms in total. The molecule has 0 atom stereocenters. The van der Waals surface area contributed by atoms with E-state index < -0.39 is 0 Å². The number of hydrogen-bond acceptors (Lipinski definition) is 6. The van der Waals surface area contributed by atoms with E-state index >= 15 is 0 Å². The molecule has 0 aliphatic rings. The molecule has 0 aliphatic heterocycles. The molecule has 1 aromatic heterocycles. The molecule has 0 saturated carbocycles. The third kappa shape index (κ3) is 3.97. The van der Waals surface area contributed by atoms with Crippen molar-refractivity contribution in [1.82, 2.24) is 20.4 Å². The first kappa shape index (κ1) is 17.4. The van der Waals surface area contributed by atoms with Crippen molar-refractivity contribution in [3.05, 3.63) is 48.0 Å². The number of aryl methyl sites for hydroxylation is 1. The quantitative estimate of drug-likeness (QED) is 0.518. The highest BCUT2D eigenvalue weighted by Gasteiger charge is 2.06. The molecule has 1 amide bonds. The van der Waals surface area contributed by atoms with Crippen molar-refractivity contribution in [3.8, 4) is 11.5 Å². The summed E-state index contributed by atoms with van der Waals surface area (Å²) in [5, 5.41) is 12.1. The van der Waals surface area contributed by atoms with E-state index in [1.54, 1.807) is 37.2 Å². The number of para-hydroxylation sites is 1. The molecule has 0 bridgehead atoms. The minimum Gasteiger partial charge on any atom is -0.493 e. The predicted octanol–water partition coefficient (Wildman–Crippen LogP) is 1.99. The van der Waals surface area contributed by atoms with Crippen LogP contribution in [0.3, 0.4) is 0 Å². The molecule has 26 heavy (non-hydrogen) atoms. The Morgan fingerprint density at radius 1 is 1.19 bits per heavy atom. The van der Waals surface area contributed by atoms with Gasteiger partial charge in [-0.05, 0) is 35.9 Å². The second-order valence-corrected chi connectivity index (χ2v) is 5.46. The molecule has 1 N–H and O–H groups in total. The van der Waals surface area contributed by atoms with Crippen LogP contribution in [0.25, 0.3) is 11.0 Å². The van der Waals surface area contributed by atoms with Gasteiger partial charge in [0, 0.05) is 6.42 Å². The normalized spacial score (nSPS) is 11.0. The van der Waals surface area contributed by atoms with Crippen molar-refractivity contribution in [2.24, 2.45) is 5.10 Å². The molecule has 0 fully saturated rings. The molecule has 134 valence electrons. The number of carbonyl (C=O) groups is 1. The Balaban J connectivity index is 1.54. The summed E-state index contributed by atoms with van der Waals surface area (Å²) in [7, 11) is 3.14. The number of aromatic nitrogens is 3. The first-order valence-corrected chi connectivity index (χ1v) is 8.03. The van der Waals surface area contributed by atoms with Gasteiger partial charge in [0.2, 0.25) is 5.91 Å². The Labute approximate surface area is 150 Å². The Morgan fingerprint density at radius 3 is 2.81 bits per heavy atom. The zero-order chi connectivity index (χ0) is 18.4. The van der Waals surface area contributed by atoms with Crippen LogP contribution in [-0.2, 0) is 11.3 Å². The average molecular weight is 353 g/mol. The van der Waals surface area contributed by atoms with Gasteiger partial charge in [-0.15, -0.1) is 5.10 Å². The van der Waals surface area contributed by atoms with Crippen LogP contribution < -0.4 is 14.9 Å². The fourth-order valence-electron chi connectivity index (χ4n) is 2.46. The van der Waals surface area contributed by atoms with Crippen molar-refractivity contribution >= 4 is 23.2 Å². The molecule has 0 aliphatic carbocycles. The van der Waals surface area contributed by atoms with Crippen LogP contribution in [-0.4, -0.2) is 41.3 Å². The molecule has 8 heteroatoms. The highest BCUT2D eigenvalue weighted by Crippen LogP contribution is 2.26. The molecule has 2 aromatic carbocycles. The van der Waals surface area contributed by atoms with E-state index in [9.17, 15) is 4.79 Å². The van der Waals surface area contributed by atoms with Crippen molar-refractivity contribution in [3.63, 3.8) is 0 Å². The van der Waals surface area contributed by atoms with Gasteiger partial charge in [0.1, 0.15) is 5.52 Å². The third-order valence-electron chi connectivity index (χ3n) is 3.78. The van der Waals surface area contributed by atoms with Crippen molar-refractivity contribution < 1.29 is 14.3 Å². The summed E-state index contributed by atoms with van der Waals surface area (Å²) in [6.45, 7) is 0.429. The van der Waals surface area contributed by atoms with E-state index in [-0.39, 0.29) is 12.3 Å². The number of hydrazone groups is 1. The zero-order valence-corrected chi connectivity index (χ0v) is 14.5. The van der Waals surface area contributed by atoms with Crippen LogP contribution >= 0.6 is 0 Å². The molecular formula is C18H19N5O3. The maximum absolute atomic E-state index is 12.0. The molecule has 0 radical (unpaired) electrons. The Bertz CT molecular complexity index is 935. The van der Waals surface area contributed by atoms with Gasteiger partial charge in [0.05, 0.1) is 32.5 Å². The summed E-state index contributed by atoms with van der Waals surface area (Å²) in [4.78, 5) is 12.0. The van der Waals surface area contributed by atoms with Crippen molar-refractivity contribution in [1.29, 1.82) is 0 Å². The fourth-order valence-corrected chi connectivity index (χ4v) is 2.46. The lowest BCUT2D eigenvalue weighted by Crippen LogP contribution is -2.19. The molecule has 3 aromatic rings. The molecule has 0 spiro atoms. The molecule has 0 saturated heterocycles. The number of nitrogens with one attached hydrogen (secondary N) is 1. The average Bonchev–Trinajstić information content (AvgIpc) is 3.09. The number of carbonyl (C=O) groups excluding carboxylic acids is 1. The zero-order valence-electron chi connectivity index (χ0n) is 14.5. The van der Waals surface area contributed by atoms with Crippen LogP contribution in [0.4, 0.5) is 0 Å². The van der Waals surface area contributed by atoms with Crippen molar-refractivity contribution in [2.45, 2.75) is 13.0 Å². The number of ether oxygens (including phenoxy) is 2. The molecule has 3 rings (SSSR count). The van der Waals surface area contributed by atoms with E-state index in [0.717, 1.165) is 16.6 Å². The fraction of sp³-hybridized carbons (Fsp3) is 0.222. The largest absolute Gasteiger partial charge is 0.493 e. The van der Waals surface area contributed by atoms with Gasteiger partial charge in [0.25, 0.3) is 0 Å². The van der Waals surface area contributed by atoms with Crippen LogP contribution in [0.1, 0.15) is 12.0 Å². The summed E-state index contributed by atoms with van der Waals surface area (Å²) < 4.78 is 12.1. The van der Waals surface area contributed by atoms with Gasteiger partial charge >= 0.3 is 0 Å². The highest BCUT2D eigenvalue weighted by atomic mass is 16.5. The number of amides is 1. The van der Waals surface area contributed by atoms with E-state index in [1.165, 1.54) is 0 Å². The SMILES string of the molecule is COc1ccc(/C=N/NC(=O)CCn2nnc3ccccc32)cc1OC. The van der Waals surface area contributed by atoms with Gasteiger partial charge in [-0.25, -0.2) is 10.1 Å². The summed E-state index contributed by atoms with van der Waals surface area (Å²) in [5.74, 6) is 1.02. The Hall–Kier alpha value is -3.42. The van der Waals surface area contributed by atoms with E-state index in [1.807, 2.05) is 30.3 Å². The lowest BCUT2D eigenvalue weighted by molar-refractivity contribution is -0.121. The van der Waals surface area contributed by atoms with Crippen LogP contribution in [0, 0.1) is 0 Å². The van der Waals surface area contributed by atoms with Crippen molar-refractivity contribution in [2.75, 3.05) is 14.2 Å². The first-order valence-electron chi connectivity index (χ1n) is 8.03. The van der Waals surface area contributed by atoms with Crippen LogP contribution in [0.15, 0.2) is 47.6 Å². The first-order chi connectivity index (χ1) is 12.7. The standard InChI is InChI=1S/C18H19N5O3/c1-25-16-8-7-13(11-17(16)26-2)12-19-21-18(24)9-10-23-15-6-4-3-5-14(15)20-22-23/h3-8,11-12H,9-10H2,1-2H3,(H,21,24)/b19-12+. The second kappa shape index (κ2) is 8.11. The van der Waals surface area contributed by atoms with E-state index in [4.69, 9.17) is 9.47 Å². The predicted molar refractivity (Wildman–Crippen MR) is 97.4 cm³/mol. The van der Waals surface area contributed by atoms with Gasteiger partial charge in [0.15, 0.2) is 11.5 Å². The molecule has 0 unspecified atom stereocenters. The minimum atomic E-state index is -0.207. The van der Waals surface area contributed by atoms with Gasteiger partial charge in [-0.2, -0.15) is 5.10 Å². The highest BCUT2D eigenvalue weighted by molar-refractivity contribution is 5.83. The van der Waals surface area contributed by atoms with Crippen LogP contribution in [0.5, 0.6) is 11.5 Å². The second-order valence-electron chi connectivity index (χ2n) is 5.46. The Kier molecular flexibility index (Phi) is 5.43. The number of hydrogen-bond donors (Lipinski definition) is 1. The number of rotatable bonds is 7. The number of benzene rings is 2. The molecular weight excluding hydrogens is 334 g/mol. The van der Waals surface area contributed by atoms with Gasteiger partial charge in [-0.1, -0.05) is 17.3 Å². The summed E-state index contributed by atoms with van der Waals surface area (Å²) in [5.41, 5.74) is 4.99. The minimum absolute atomic E-state index is 0.207. The summed E-state index contributed by atoms with van der Waals surface area (Å²) in [6, 6.07) is 13.0. The van der Waals surface area contributed by atoms with E-state index in [2.05, 4.69) is 20.8 Å². The topological polar surface area (TPSA) is 90.6 Å². The number of methoxy groups -OCH3 is 2. The lowest BCUT2D eigenvalue weighted by atomic mass is 10.2. The van der Waals surface area contributed by atoms with Crippen LogP contribution in [0.2, 0.25) is 0 Å². The number of nitrogens with zero attached hydrogens (tertiary/aromatic N) is 4. The maximum atomic E-state index is 12.0.